The summed E-state index contributed by atoms with van der Waals surface area (Å²) in [6, 6.07) is 16.1. The maximum absolute atomic E-state index is 12.9. The second-order valence-corrected chi connectivity index (χ2v) is 8.49. The van der Waals surface area contributed by atoms with Gasteiger partial charge in [-0.05, 0) is 42.0 Å². The maximum atomic E-state index is 12.9. The molecule has 2 atom stereocenters. The van der Waals surface area contributed by atoms with E-state index in [4.69, 9.17) is 23.2 Å². The van der Waals surface area contributed by atoms with Crippen molar-refractivity contribution >= 4 is 33.0 Å². The Morgan fingerprint density at radius 3 is 2.12 bits per heavy atom. The molecule has 120 valence electrons. The fraction of sp³-hybridized carbons (Fsp3) is 0.176. The Morgan fingerprint density at radius 1 is 0.958 bits per heavy atom. The number of hydrogen-bond donors (Lipinski definition) is 0. The molecule has 0 aliphatic heterocycles. The Kier molecular flexibility index (Phi) is 4.05. The van der Waals surface area contributed by atoms with Gasteiger partial charge in [-0.2, -0.15) is 10.5 Å². The van der Waals surface area contributed by atoms with Crippen LogP contribution in [-0.2, 0) is 9.84 Å². The van der Waals surface area contributed by atoms with Gasteiger partial charge in [-0.1, -0.05) is 35.3 Å². The third-order valence-electron chi connectivity index (χ3n) is 4.19. The summed E-state index contributed by atoms with van der Waals surface area (Å²) >= 11 is 11.8. The Labute approximate surface area is 149 Å². The molecule has 0 heterocycles. The lowest BCUT2D eigenvalue weighted by molar-refractivity contribution is 0.591. The fourth-order valence-corrected chi connectivity index (χ4v) is 5.51. The molecular formula is C17H10Cl2N2O2S. The lowest BCUT2D eigenvalue weighted by atomic mass is 10.0. The van der Waals surface area contributed by atoms with Gasteiger partial charge in [-0.3, -0.25) is 0 Å². The second-order valence-electron chi connectivity index (χ2n) is 5.54. The van der Waals surface area contributed by atoms with Gasteiger partial charge in [-0.25, -0.2) is 8.42 Å². The normalized spacial score (nSPS) is 21.5. The van der Waals surface area contributed by atoms with Gasteiger partial charge in [0.05, 0.1) is 17.0 Å². The number of hydrogen-bond acceptors (Lipinski definition) is 4. The molecule has 1 fully saturated rings. The highest BCUT2D eigenvalue weighted by atomic mass is 35.5. The minimum absolute atomic E-state index is 0.0382. The minimum Gasteiger partial charge on any atom is -0.223 e. The average molecular weight is 377 g/mol. The van der Waals surface area contributed by atoms with Crippen LogP contribution < -0.4 is 0 Å². The van der Waals surface area contributed by atoms with Crippen LogP contribution in [-0.4, -0.2) is 13.7 Å². The molecule has 2 aromatic carbocycles. The van der Waals surface area contributed by atoms with E-state index in [1.165, 1.54) is 24.3 Å². The van der Waals surface area contributed by atoms with Gasteiger partial charge in [0.2, 0.25) is 0 Å². The molecule has 0 aromatic heterocycles. The number of benzene rings is 2. The zero-order valence-electron chi connectivity index (χ0n) is 12.1. The van der Waals surface area contributed by atoms with E-state index < -0.39 is 26.4 Å². The average Bonchev–Trinajstić information content (AvgIpc) is 3.26. The highest BCUT2D eigenvalue weighted by Crippen LogP contribution is 2.63. The largest absolute Gasteiger partial charge is 0.223 e. The first-order valence-corrected chi connectivity index (χ1v) is 9.24. The standard InChI is InChI=1S/C17H10Cl2N2O2S/c18-12-4-6-14(7-5-12)24(22,23)16-15(17(16,9-20)10-21)11-2-1-3-13(19)8-11/h1-8,15-16H/t15-,16-/m1/s1. The van der Waals surface area contributed by atoms with Crippen LogP contribution in [0.15, 0.2) is 53.4 Å². The van der Waals surface area contributed by atoms with Crippen molar-refractivity contribution in [3.63, 3.8) is 0 Å². The van der Waals surface area contributed by atoms with Crippen molar-refractivity contribution in [2.75, 3.05) is 0 Å². The summed E-state index contributed by atoms with van der Waals surface area (Å²) in [4.78, 5) is 0.0382. The van der Waals surface area contributed by atoms with Crippen molar-refractivity contribution in [2.24, 2.45) is 5.41 Å². The number of nitriles is 2. The molecule has 4 nitrogen and oxygen atoms in total. The lowest BCUT2D eigenvalue weighted by Gasteiger charge is -2.04. The monoisotopic (exact) mass is 376 g/mol. The van der Waals surface area contributed by atoms with Gasteiger partial charge in [-0.15, -0.1) is 0 Å². The summed E-state index contributed by atoms with van der Waals surface area (Å²) in [7, 11) is -3.87. The number of sulfone groups is 1. The molecule has 0 radical (unpaired) electrons. The first-order chi connectivity index (χ1) is 11.4. The number of halogens is 2. The topological polar surface area (TPSA) is 81.7 Å². The third kappa shape index (κ3) is 2.46. The van der Waals surface area contributed by atoms with E-state index >= 15 is 0 Å². The van der Waals surface area contributed by atoms with Crippen molar-refractivity contribution in [3.8, 4) is 12.1 Å². The molecule has 0 N–H and O–H groups in total. The van der Waals surface area contributed by atoms with E-state index in [-0.39, 0.29) is 4.90 Å². The molecule has 1 saturated carbocycles. The summed E-state index contributed by atoms with van der Waals surface area (Å²) in [5.41, 5.74) is -1.06. The first-order valence-electron chi connectivity index (χ1n) is 6.94. The van der Waals surface area contributed by atoms with Crippen LogP contribution in [0.2, 0.25) is 10.0 Å². The van der Waals surface area contributed by atoms with E-state index in [9.17, 15) is 18.9 Å². The molecule has 0 unspecified atom stereocenters. The predicted molar refractivity (Wildman–Crippen MR) is 90.3 cm³/mol. The summed E-state index contributed by atoms with van der Waals surface area (Å²) in [6.45, 7) is 0. The molecule has 24 heavy (non-hydrogen) atoms. The molecule has 1 aliphatic carbocycles. The van der Waals surface area contributed by atoms with E-state index in [2.05, 4.69) is 0 Å². The first kappa shape index (κ1) is 16.8. The van der Waals surface area contributed by atoms with Crippen LogP contribution in [0, 0.1) is 28.1 Å². The van der Waals surface area contributed by atoms with Crippen LogP contribution in [0.4, 0.5) is 0 Å². The second kappa shape index (κ2) is 5.79. The van der Waals surface area contributed by atoms with Crippen molar-refractivity contribution < 1.29 is 8.42 Å². The highest BCUT2D eigenvalue weighted by molar-refractivity contribution is 7.92. The molecule has 0 saturated heterocycles. The van der Waals surface area contributed by atoms with Crippen molar-refractivity contribution in [3.05, 3.63) is 64.1 Å². The highest BCUT2D eigenvalue weighted by Gasteiger charge is 2.73. The Hall–Kier alpha value is -2.05. The molecule has 0 spiro atoms. The van der Waals surface area contributed by atoms with Gasteiger partial charge in [0.1, 0.15) is 5.25 Å². The third-order valence-corrected chi connectivity index (χ3v) is 6.92. The SMILES string of the molecule is N#CC1(C#N)[C@H](c2cccc(Cl)c2)[C@H]1S(=O)(=O)c1ccc(Cl)cc1. The van der Waals surface area contributed by atoms with Crippen LogP contribution in [0.25, 0.3) is 0 Å². The maximum Gasteiger partial charge on any atom is 0.184 e. The summed E-state index contributed by atoms with van der Waals surface area (Å²) < 4.78 is 25.9. The summed E-state index contributed by atoms with van der Waals surface area (Å²) in [5.74, 6) is -0.744. The van der Waals surface area contributed by atoms with Crippen LogP contribution in [0.5, 0.6) is 0 Å². The van der Waals surface area contributed by atoms with Gasteiger partial charge in [0.25, 0.3) is 0 Å². The fourth-order valence-electron chi connectivity index (χ4n) is 2.98. The minimum atomic E-state index is -3.87. The van der Waals surface area contributed by atoms with Crippen molar-refractivity contribution in [1.29, 1.82) is 10.5 Å². The predicted octanol–water partition coefficient (Wildman–Crippen LogP) is 3.97. The molecule has 0 bridgehead atoms. The van der Waals surface area contributed by atoms with E-state index in [0.29, 0.717) is 15.6 Å². The molecular weight excluding hydrogens is 367 g/mol. The van der Waals surface area contributed by atoms with Crippen LogP contribution >= 0.6 is 23.2 Å². The molecule has 2 aromatic rings. The van der Waals surface area contributed by atoms with Crippen LogP contribution in [0.1, 0.15) is 11.5 Å². The van der Waals surface area contributed by atoms with Crippen LogP contribution in [0.3, 0.4) is 0 Å². The quantitative estimate of drug-likeness (QED) is 0.811. The molecule has 0 amide bonds. The van der Waals surface area contributed by atoms with Crippen molar-refractivity contribution in [2.45, 2.75) is 16.1 Å². The van der Waals surface area contributed by atoms with Gasteiger partial charge >= 0.3 is 0 Å². The van der Waals surface area contributed by atoms with E-state index in [0.717, 1.165) is 0 Å². The van der Waals surface area contributed by atoms with Gasteiger partial charge < -0.3 is 0 Å². The Balaban J connectivity index is 2.11. The van der Waals surface area contributed by atoms with Gasteiger partial charge in [0.15, 0.2) is 15.3 Å². The summed E-state index contributed by atoms with van der Waals surface area (Å²) in [5, 5.41) is 18.7. The van der Waals surface area contributed by atoms with E-state index in [1.807, 2.05) is 12.1 Å². The smallest absolute Gasteiger partial charge is 0.184 e. The van der Waals surface area contributed by atoms with Gasteiger partial charge in [0, 0.05) is 16.0 Å². The van der Waals surface area contributed by atoms with E-state index in [1.54, 1.807) is 24.3 Å². The Morgan fingerprint density at radius 2 is 1.58 bits per heavy atom. The molecule has 3 rings (SSSR count). The molecule has 7 heteroatoms. The number of nitrogens with zero attached hydrogens (tertiary/aromatic N) is 2. The lowest BCUT2D eigenvalue weighted by Crippen LogP contribution is -2.14. The zero-order valence-corrected chi connectivity index (χ0v) is 14.5. The number of rotatable bonds is 3. The Bertz CT molecular complexity index is 974. The molecule has 1 aliphatic rings. The zero-order chi connectivity index (χ0) is 17.5. The van der Waals surface area contributed by atoms with Crippen molar-refractivity contribution in [1.82, 2.24) is 0 Å². The summed E-state index contributed by atoms with van der Waals surface area (Å²) in [6.07, 6.45) is 0.